The lowest BCUT2D eigenvalue weighted by atomic mass is 9.90. The third-order valence-electron chi connectivity index (χ3n) is 4.73. The Labute approximate surface area is 156 Å². The van der Waals surface area contributed by atoms with Crippen molar-refractivity contribution in [1.29, 1.82) is 0 Å². The van der Waals surface area contributed by atoms with Gasteiger partial charge in [0.25, 0.3) is 5.95 Å². The van der Waals surface area contributed by atoms with Gasteiger partial charge in [-0.1, -0.05) is 0 Å². The number of anilines is 1. The Morgan fingerprint density at radius 2 is 1.74 bits per heavy atom. The quantitative estimate of drug-likeness (QED) is 0.665. The van der Waals surface area contributed by atoms with Crippen LogP contribution in [-0.2, 0) is 0 Å². The summed E-state index contributed by atoms with van der Waals surface area (Å²) in [7, 11) is 0. The highest BCUT2D eigenvalue weighted by Gasteiger charge is 2.34. The van der Waals surface area contributed by atoms with E-state index in [1.165, 1.54) is 24.3 Å². The maximum absolute atomic E-state index is 13.0. The fourth-order valence-corrected chi connectivity index (χ4v) is 3.31. The van der Waals surface area contributed by atoms with Gasteiger partial charge in [-0.15, -0.1) is 0 Å². The summed E-state index contributed by atoms with van der Waals surface area (Å²) in [6, 6.07) is 9.60. The maximum Gasteiger partial charge on any atom is 0.252 e. The van der Waals surface area contributed by atoms with Crippen LogP contribution in [0.3, 0.4) is 0 Å². The lowest BCUT2D eigenvalue weighted by Gasteiger charge is -2.39. The monoisotopic (exact) mass is 365 g/mol. The third kappa shape index (κ3) is 3.32. The average molecular weight is 365 g/mol. The molecule has 0 bridgehead atoms. The maximum atomic E-state index is 13.0. The zero-order valence-corrected chi connectivity index (χ0v) is 15.5. The van der Waals surface area contributed by atoms with Crippen LogP contribution in [0, 0.1) is 32.5 Å². The highest BCUT2D eigenvalue weighted by atomic mass is 19.1. The number of rotatable bonds is 4. The van der Waals surface area contributed by atoms with E-state index in [-0.39, 0.29) is 17.5 Å². The van der Waals surface area contributed by atoms with Crippen molar-refractivity contribution in [1.82, 2.24) is 19.7 Å². The van der Waals surface area contributed by atoms with Crippen LogP contribution in [0.1, 0.15) is 27.4 Å². The molecule has 138 valence electrons. The van der Waals surface area contributed by atoms with E-state index in [4.69, 9.17) is 0 Å². The molecule has 1 aromatic carbocycles. The van der Waals surface area contributed by atoms with Crippen molar-refractivity contribution in [2.45, 2.75) is 20.8 Å². The molecular formula is C20H20FN5O. The van der Waals surface area contributed by atoms with Crippen molar-refractivity contribution in [3.63, 3.8) is 0 Å². The zero-order valence-electron chi connectivity index (χ0n) is 15.5. The van der Waals surface area contributed by atoms with E-state index in [1.54, 1.807) is 4.68 Å². The number of halogens is 1. The zero-order chi connectivity index (χ0) is 19.1. The Kier molecular flexibility index (Phi) is 4.22. The van der Waals surface area contributed by atoms with E-state index >= 15 is 0 Å². The molecule has 0 radical (unpaired) electrons. The van der Waals surface area contributed by atoms with Gasteiger partial charge >= 0.3 is 0 Å². The molecule has 7 heteroatoms. The highest BCUT2D eigenvalue weighted by Crippen LogP contribution is 2.27. The summed E-state index contributed by atoms with van der Waals surface area (Å²) in [6.07, 6.45) is 0. The van der Waals surface area contributed by atoms with Gasteiger partial charge in [-0.05, 0) is 51.1 Å². The summed E-state index contributed by atoms with van der Waals surface area (Å²) in [6.45, 7) is 6.99. The number of hydrogen-bond acceptors (Lipinski definition) is 5. The van der Waals surface area contributed by atoms with Gasteiger partial charge in [-0.25, -0.2) is 14.1 Å². The molecule has 4 rings (SSSR count). The average Bonchev–Trinajstić information content (AvgIpc) is 2.92. The first-order chi connectivity index (χ1) is 12.9. The molecule has 0 saturated carbocycles. The van der Waals surface area contributed by atoms with Crippen molar-refractivity contribution in [2.24, 2.45) is 5.92 Å². The van der Waals surface area contributed by atoms with Crippen LogP contribution in [-0.4, -0.2) is 38.6 Å². The molecule has 0 aliphatic carbocycles. The minimum atomic E-state index is -0.338. The molecule has 2 aromatic heterocycles. The Morgan fingerprint density at radius 3 is 2.37 bits per heavy atom. The summed E-state index contributed by atoms with van der Waals surface area (Å²) < 4.78 is 14.8. The molecule has 3 aromatic rings. The number of hydrogen-bond donors (Lipinski definition) is 0. The number of aromatic nitrogens is 4. The standard InChI is InChI=1S/C20H20FN5O/c1-12-9-18(23-20(22-12)26-14(3)8-13(2)24-26)25-10-16(11-25)19(27)15-4-6-17(21)7-5-15/h4-9,16H,10-11H2,1-3H3. The summed E-state index contributed by atoms with van der Waals surface area (Å²) in [5.74, 6) is 0.908. The second kappa shape index (κ2) is 6.57. The van der Waals surface area contributed by atoms with E-state index in [1.807, 2.05) is 32.9 Å². The lowest BCUT2D eigenvalue weighted by Crippen LogP contribution is -2.51. The van der Waals surface area contributed by atoms with Crippen LogP contribution in [0.25, 0.3) is 5.95 Å². The van der Waals surface area contributed by atoms with Crippen LogP contribution in [0.5, 0.6) is 0 Å². The molecule has 0 N–H and O–H groups in total. The predicted octanol–water partition coefficient (Wildman–Crippen LogP) is 3.05. The van der Waals surface area contributed by atoms with Gasteiger partial charge in [0.2, 0.25) is 0 Å². The van der Waals surface area contributed by atoms with Gasteiger partial charge in [-0.2, -0.15) is 10.1 Å². The van der Waals surface area contributed by atoms with E-state index in [0.717, 1.165) is 22.9 Å². The van der Waals surface area contributed by atoms with Gasteiger partial charge in [0, 0.05) is 36.1 Å². The number of Topliss-reactive ketones (excluding diaryl/α,β-unsaturated/α-hetero) is 1. The summed E-state index contributed by atoms with van der Waals surface area (Å²) in [5, 5.41) is 4.44. The predicted molar refractivity (Wildman–Crippen MR) is 99.8 cm³/mol. The van der Waals surface area contributed by atoms with Gasteiger partial charge in [0.1, 0.15) is 11.6 Å². The van der Waals surface area contributed by atoms with Crippen molar-refractivity contribution in [3.05, 3.63) is 64.9 Å². The number of carbonyl (C=O) groups is 1. The number of nitrogens with zero attached hydrogens (tertiary/aromatic N) is 5. The molecule has 27 heavy (non-hydrogen) atoms. The fraction of sp³-hybridized carbons (Fsp3) is 0.300. The lowest BCUT2D eigenvalue weighted by molar-refractivity contribution is 0.0897. The van der Waals surface area contributed by atoms with E-state index in [2.05, 4.69) is 20.0 Å². The molecule has 0 amide bonds. The SMILES string of the molecule is Cc1cc(N2CC(C(=O)c3ccc(F)cc3)C2)nc(-n2nc(C)cc2C)n1. The number of carbonyl (C=O) groups excluding carboxylic acids is 1. The van der Waals surface area contributed by atoms with Crippen LogP contribution < -0.4 is 4.90 Å². The summed E-state index contributed by atoms with van der Waals surface area (Å²) in [5.41, 5.74) is 3.27. The van der Waals surface area contributed by atoms with E-state index < -0.39 is 0 Å². The van der Waals surface area contributed by atoms with Crippen molar-refractivity contribution in [2.75, 3.05) is 18.0 Å². The smallest absolute Gasteiger partial charge is 0.252 e. The largest absolute Gasteiger partial charge is 0.355 e. The number of aryl methyl sites for hydroxylation is 3. The van der Waals surface area contributed by atoms with Crippen LogP contribution >= 0.6 is 0 Å². The molecule has 1 aliphatic heterocycles. The Bertz CT molecular complexity index is 1010. The Hall–Kier alpha value is -3.09. The summed E-state index contributed by atoms with van der Waals surface area (Å²) in [4.78, 5) is 23.7. The fourth-order valence-electron chi connectivity index (χ4n) is 3.31. The molecule has 0 atom stereocenters. The Morgan fingerprint density at radius 1 is 1.04 bits per heavy atom. The first kappa shape index (κ1) is 17.3. The van der Waals surface area contributed by atoms with Crippen LogP contribution in [0.15, 0.2) is 36.4 Å². The first-order valence-electron chi connectivity index (χ1n) is 8.85. The minimum Gasteiger partial charge on any atom is -0.355 e. The number of ketones is 1. The van der Waals surface area contributed by atoms with Gasteiger partial charge in [0.15, 0.2) is 5.78 Å². The molecule has 1 saturated heterocycles. The van der Waals surface area contributed by atoms with Crippen molar-refractivity contribution >= 4 is 11.6 Å². The molecular weight excluding hydrogens is 345 g/mol. The molecule has 1 fully saturated rings. The molecule has 0 spiro atoms. The van der Waals surface area contributed by atoms with Crippen molar-refractivity contribution < 1.29 is 9.18 Å². The topological polar surface area (TPSA) is 63.9 Å². The summed E-state index contributed by atoms with van der Waals surface area (Å²) >= 11 is 0. The van der Waals surface area contributed by atoms with Crippen LogP contribution in [0.4, 0.5) is 10.2 Å². The second-order valence-corrected chi connectivity index (χ2v) is 6.98. The van der Waals surface area contributed by atoms with E-state index in [9.17, 15) is 9.18 Å². The molecule has 1 aliphatic rings. The van der Waals surface area contributed by atoms with Gasteiger partial charge in [0.05, 0.1) is 11.6 Å². The van der Waals surface area contributed by atoms with Gasteiger partial charge in [-0.3, -0.25) is 4.79 Å². The molecule has 3 heterocycles. The Balaban J connectivity index is 1.52. The molecule has 6 nitrogen and oxygen atoms in total. The van der Waals surface area contributed by atoms with E-state index in [0.29, 0.717) is 24.6 Å². The third-order valence-corrected chi connectivity index (χ3v) is 4.73. The van der Waals surface area contributed by atoms with Gasteiger partial charge < -0.3 is 4.90 Å². The molecule has 0 unspecified atom stereocenters. The normalized spacial score (nSPS) is 14.3. The highest BCUT2D eigenvalue weighted by molar-refractivity contribution is 5.99. The van der Waals surface area contributed by atoms with Crippen molar-refractivity contribution in [3.8, 4) is 5.95 Å². The first-order valence-corrected chi connectivity index (χ1v) is 8.85. The minimum absolute atomic E-state index is 0.0378. The number of benzene rings is 1. The van der Waals surface area contributed by atoms with Crippen LogP contribution in [0.2, 0.25) is 0 Å². The second-order valence-electron chi connectivity index (χ2n) is 6.98.